The van der Waals surface area contributed by atoms with Gasteiger partial charge in [0.15, 0.2) is 0 Å². The molecule has 6 heteroatoms. The summed E-state index contributed by atoms with van der Waals surface area (Å²) in [5.41, 5.74) is 2.95. The van der Waals surface area contributed by atoms with Crippen molar-refractivity contribution in [3.8, 4) is 0 Å². The first-order chi connectivity index (χ1) is 13.5. The van der Waals surface area contributed by atoms with Gasteiger partial charge in [-0.1, -0.05) is 54.6 Å². The number of benzene rings is 2. The maximum absolute atomic E-state index is 13.2. The number of fused-ring (bicyclic) bond motifs is 1. The maximum Gasteiger partial charge on any atom is 0.326 e. The summed E-state index contributed by atoms with van der Waals surface area (Å²) in [4.78, 5) is 40.5. The summed E-state index contributed by atoms with van der Waals surface area (Å²) in [7, 11) is 0. The van der Waals surface area contributed by atoms with Crippen molar-refractivity contribution >= 4 is 17.8 Å². The minimum Gasteiger partial charge on any atom is -0.480 e. The van der Waals surface area contributed by atoms with Gasteiger partial charge in [0.1, 0.15) is 6.04 Å². The van der Waals surface area contributed by atoms with E-state index in [1.165, 1.54) is 4.90 Å². The lowest BCUT2D eigenvalue weighted by Gasteiger charge is -2.35. The van der Waals surface area contributed by atoms with E-state index in [0.717, 1.165) is 16.7 Å². The lowest BCUT2D eigenvalue weighted by Crippen LogP contribution is -2.51. The van der Waals surface area contributed by atoms with Crippen molar-refractivity contribution in [1.29, 1.82) is 0 Å². The van der Waals surface area contributed by atoms with E-state index in [1.54, 1.807) is 4.90 Å². The minimum atomic E-state index is -1.01. The molecule has 1 N–H and O–H groups in total. The van der Waals surface area contributed by atoms with Crippen LogP contribution < -0.4 is 0 Å². The Hall–Kier alpha value is -3.15. The van der Waals surface area contributed by atoms with Gasteiger partial charge in [0, 0.05) is 32.5 Å². The zero-order chi connectivity index (χ0) is 19.7. The van der Waals surface area contributed by atoms with E-state index in [9.17, 15) is 19.5 Å². The fraction of sp³-hybridized carbons (Fsp3) is 0.318. The SMILES string of the molecule is O=C(O)C1Cc2ccccc2CN1C(=O)C1CC(=O)N(Cc2ccccc2)C1. The van der Waals surface area contributed by atoms with Crippen molar-refractivity contribution in [3.05, 3.63) is 71.3 Å². The van der Waals surface area contributed by atoms with Gasteiger partial charge >= 0.3 is 5.97 Å². The van der Waals surface area contributed by atoms with Gasteiger partial charge in [0.2, 0.25) is 11.8 Å². The number of hydrogen-bond acceptors (Lipinski definition) is 3. The molecule has 2 aromatic rings. The van der Waals surface area contributed by atoms with Crippen molar-refractivity contribution in [3.63, 3.8) is 0 Å². The van der Waals surface area contributed by atoms with Crippen molar-refractivity contribution in [2.45, 2.75) is 32.0 Å². The topological polar surface area (TPSA) is 77.9 Å². The predicted octanol–water partition coefficient (Wildman–Crippen LogP) is 2.07. The molecule has 144 valence electrons. The fourth-order valence-electron chi connectivity index (χ4n) is 4.10. The highest BCUT2D eigenvalue weighted by Crippen LogP contribution is 2.28. The Labute approximate surface area is 163 Å². The van der Waals surface area contributed by atoms with Crippen LogP contribution in [-0.2, 0) is 33.9 Å². The number of carbonyl (C=O) groups excluding carboxylic acids is 2. The van der Waals surface area contributed by atoms with Gasteiger partial charge < -0.3 is 14.9 Å². The van der Waals surface area contributed by atoms with E-state index in [2.05, 4.69) is 0 Å². The molecule has 2 atom stereocenters. The molecule has 6 nitrogen and oxygen atoms in total. The van der Waals surface area contributed by atoms with Crippen LogP contribution in [0.5, 0.6) is 0 Å². The molecule has 1 saturated heterocycles. The monoisotopic (exact) mass is 378 g/mol. The summed E-state index contributed by atoms with van der Waals surface area (Å²) in [6.07, 6.45) is 0.432. The summed E-state index contributed by atoms with van der Waals surface area (Å²) < 4.78 is 0. The van der Waals surface area contributed by atoms with E-state index in [0.29, 0.717) is 19.5 Å². The van der Waals surface area contributed by atoms with Gasteiger partial charge in [-0.2, -0.15) is 0 Å². The summed E-state index contributed by atoms with van der Waals surface area (Å²) in [5, 5.41) is 9.65. The normalized spacial score (nSPS) is 21.5. The Balaban J connectivity index is 1.50. The molecular formula is C22H22N2O4. The molecule has 2 aliphatic rings. The van der Waals surface area contributed by atoms with E-state index in [-0.39, 0.29) is 24.8 Å². The lowest BCUT2D eigenvalue weighted by atomic mass is 9.92. The number of carboxylic acids is 1. The van der Waals surface area contributed by atoms with Gasteiger partial charge in [0.25, 0.3) is 0 Å². The Kier molecular flexibility index (Phi) is 4.86. The highest BCUT2D eigenvalue weighted by atomic mass is 16.4. The second-order valence-electron chi connectivity index (χ2n) is 7.45. The molecule has 28 heavy (non-hydrogen) atoms. The molecule has 2 aliphatic heterocycles. The van der Waals surface area contributed by atoms with Crippen LogP contribution in [0.1, 0.15) is 23.1 Å². The molecule has 0 radical (unpaired) electrons. The first-order valence-corrected chi connectivity index (χ1v) is 9.44. The van der Waals surface area contributed by atoms with Crippen molar-refractivity contribution in [1.82, 2.24) is 9.80 Å². The van der Waals surface area contributed by atoms with E-state index >= 15 is 0 Å². The Bertz CT molecular complexity index is 912. The Morgan fingerprint density at radius 1 is 0.964 bits per heavy atom. The minimum absolute atomic E-state index is 0.0634. The average Bonchev–Trinajstić information content (AvgIpc) is 3.07. The highest BCUT2D eigenvalue weighted by Gasteiger charge is 2.41. The van der Waals surface area contributed by atoms with Crippen LogP contribution in [0, 0.1) is 5.92 Å². The van der Waals surface area contributed by atoms with Gasteiger partial charge in [0.05, 0.1) is 5.92 Å². The van der Waals surface area contributed by atoms with Gasteiger partial charge in [-0.3, -0.25) is 9.59 Å². The average molecular weight is 378 g/mol. The van der Waals surface area contributed by atoms with Crippen LogP contribution in [0.3, 0.4) is 0 Å². The molecule has 2 heterocycles. The zero-order valence-electron chi connectivity index (χ0n) is 15.5. The number of rotatable bonds is 4. The molecule has 0 aliphatic carbocycles. The third kappa shape index (κ3) is 3.50. The number of hydrogen-bond donors (Lipinski definition) is 1. The van der Waals surface area contributed by atoms with Crippen LogP contribution in [0.25, 0.3) is 0 Å². The van der Waals surface area contributed by atoms with E-state index < -0.39 is 17.9 Å². The summed E-state index contributed by atoms with van der Waals surface area (Å²) in [5.74, 6) is -1.81. The van der Waals surface area contributed by atoms with Crippen molar-refractivity contribution in [2.75, 3.05) is 6.54 Å². The number of amides is 2. The largest absolute Gasteiger partial charge is 0.480 e. The lowest BCUT2D eigenvalue weighted by molar-refractivity contribution is -0.153. The molecule has 2 aromatic carbocycles. The number of carbonyl (C=O) groups is 3. The van der Waals surface area contributed by atoms with E-state index in [1.807, 2.05) is 54.6 Å². The second-order valence-corrected chi connectivity index (χ2v) is 7.45. The molecule has 2 amide bonds. The number of carboxylic acid groups (broad SMARTS) is 1. The summed E-state index contributed by atoms with van der Waals surface area (Å²) in [6, 6.07) is 16.4. The van der Waals surface area contributed by atoms with E-state index in [4.69, 9.17) is 0 Å². The van der Waals surface area contributed by atoms with Crippen LogP contribution in [-0.4, -0.2) is 45.3 Å². The number of likely N-dealkylation sites (tertiary alicyclic amines) is 1. The molecular weight excluding hydrogens is 356 g/mol. The molecule has 0 bridgehead atoms. The van der Waals surface area contributed by atoms with Crippen LogP contribution >= 0.6 is 0 Å². The predicted molar refractivity (Wildman–Crippen MR) is 102 cm³/mol. The van der Waals surface area contributed by atoms with Gasteiger partial charge in [-0.15, -0.1) is 0 Å². The van der Waals surface area contributed by atoms with Crippen LogP contribution in [0.4, 0.5) is 0 Å². The third-order valence-electron chi connectivity index (χ3n) is 5.60. The van der Waals surface area contributed by atoms with Crippen LogP contribution in [0.2, 0.25) is 0 Å². The zero-order valence-corrected chi connectivity index (χ0v) is 15.5. The fourth-order valence-corrected chi connectivity index (χ4v) is 4.10. The first-order valence-electron chi connectivity index (χ1n) is 9.44. The van der Waals surface area contributed by atoms with Gasteiger partial charge in [-0.05, 0) is 16.7 Å². The second kappa shape index (κ2) is 7.46. The smallest absolute Gasteiger partial charge is 0.326 e. The first kappa shape index (κ1) is 18.2. The van der Waals surface area contributed by atoms with Crippen molar-refractivity contribution < 1.29 is 19.5 Å². The molecule has 0 aromatic heterocycles. The molecule has 2 unspecified atom stereocenters. The van der Waals surface area contributed by atoms with Crippen LogP contribution in [0.15, 0.2) is 54.6 Å². The third-order valence-corrected chi connectivity index (χ3v) is 5.60. The quantitative estimate of drug-likeness (QED) is 0.884. The number of aliphatic carboxylic acids is 1. The summed E-state index contributed by atoms with van der Waals surface area (Å²) in [6.45, 7) is 1.07. The van der Waals surface area contributed by atoms with Crippen molar-refractivity contribution in [2.24, 2.45) is 5.92 Å². The number of nitrogens with zero attached hydrogens (tertiary/aromatic N) is 2. The standard InChI is InChI=1S/C22H22N2O4/c25-20-11-18(13-23(20)12-15-6-2-1-3-7-15)21(26)24-14-17-9-5-4-8-16(17)10-19(24)22(27)28/h1-9,18-19H,10-14H2,(H,27,28). The molecule has 4 rings (SSSR count). The highest BCUT2D eigenvalue weighted by molar-refractivity contribution is 5.91. The molecule has 0 saturated carbocycles. The summed E-state index contributed by atoms with van der Waals surface area (Å²) >= 11 is 0. The molecule has 1 fully saturated rings. The van der Waals surface area contributed by atoms with Gasteiger partial charge in [-0.25, -0.2) is 4.79 Å². The Morgan fingerprint density at radius 3 is 2.36 bits per heavy atom. The molecule has 0 spiro atoms. The maximum atomic E-state index is 13.2. The Morgan fingerprint density at radius 2 is 1.64 bits per heavy atom.